The maximum Gasteiger partial charge on any atom is 0.252 e. The van der Waals surface area contributed by atoms with Crippen LogP contribution >= 0.6 is 0 Å². The average Bonchev–Trinajstić information content (AvgIpc) is 2.68. The van der Waals surface area contributed by atoms with Crippen LogP contribution in [0, 0.1) is 6.92 Å². The van der Waals surface area contributed by atoms with Crippen LogP contribution in [-0.2, 0) is 16.4 Å². The normalized spacial score (nSPS) is 11.8. The summed E-state index contributed by atoms with van der Waals surface area (Å²) in [6.07, 6.45) is 4.34. The highest BCUT2D eigenvalue weighted by Gasteiger charge is 2.10. The van der Waals surface area contributed by atoms with Crippen molar-refractivity contribution in [1.29, 1.82) is 0 Å². The Labute approximate surface area is 171 Å². The Hall–Kier alpha value is -2.94. The van der Waals surface area contributed by atoms with Crippen LogP contribution in [0.15, 0.2) is 52.6 Å². The van der Waals surface area contributed by atoms with E-state index in [0.717, 1.165) is 5.56 Å². The summed E-state index contributed by atoms with van der Waals surface area (Å²) in [6, 6.07) is 8.64. The lowest BCUT2D eigenvalue weighted by Gasteiger charge is -2.12. The number of hydrogen-bond donors (Lipinski definition) is 3. The van der Waals surface area contributed by atoms with Crippen molar-refractivity contribution >= 4 is 21.7 Å². The number of hydrogen-bond acceptors (Lipinski definition) is 5. The monoisotopic (exact) mass is 417 g/mol. The lowest BCUT2D eigenvalue weighted by Crippen LogP contribution is -2.41. The summed E-state index contributed by atoms with van der Waals surface area (Å²) in [6.45, 7) is 5.77. The van der Waals surface area contributed by atoms with Gasteiger partial charge >= 0.3 is 0 Å². The van der Waals surface area contributed by atoms with Crippen LogP contribution < -0.4 is 16.0 Å². The highest BCUT2D eigenvalue weighted by Crippen LogP contribution is 2.17. The second-order valence-electron chi connectivity index (χ2n) is 6.49. The van der Waals surface area contributed by atoms with E-state index >= 15 is 0 Å². The first-order valence-corrected chi connectivity index (χ1v) is 11.2. The van der Waals surface area contributed by atoms with Gasteiger partial charge in [0.1, 0.15) is 0 Å². The Kier molecular flexibility index (Phi) is 8.14. The SMILES string of the molecule is CCNC(=NCc1ccc(S(C)(=O)=O)c(C)c1)NCCNC(=O)c1cccnc1. The second-order valence-corrected chi connectivity index (χ2v) is 8.48. The fourth-order valence-corrected chi connectivity index (χ4v) is 3.65. The van der Waals surface area contributed by atoms with Gasteiger partial charge in [0.05, 0.1) is 17.0 Å². The van der Waals surface area contributed by atoms with Gasteiger partial charge < -0.3 is 16.0 Å². The number of nitrogens with one attached hydrogen (secondary N) is 3. The number of aliphatic imine (C=N–C) groups is 1. The molecule has 2 rings (SSSR count). The van der Waals surface area contributed by atoms with Gasteiger partial charge in [-0.25, -0.2) is 13.4 Å². The maximum atomic E-state index is 12.0. The molecule has 1 heterocycles. The molecule has 29 heavy (non-hydrogen) atoms. The lowest BCUT2D eigenvalue weighted by atomic mass is 10.1. The first-order chi connectivity index (χ1) is 13.8. The van der Waals surface area contributed by atoms with Crippen LogP contribution in [-0.4, -0.2) is 51.2 Å². The highest BCUT2D eigenvalue weighted by molar-refractivity contribution is 7.90. The Bertz CT molecular complexity index is 959. The molecule has 0 bridgehead atoms. The summed E-state index contributed by atoms with van der Waals surface area (Å²) >= 11 is 0. The summed E-state index contributed by atoms with van der Waals surface area (Å²) in [7, 11) is -3.23. The van der Waals surface area contributed by atoms with Crippen molar-refractivity contribution in [2.24, 2.45) is 4.99 Å². The van der Waals surface area contributed by atoms with Crippen molar-refractivity contribution in [3.05, 3.63) is 59.4 Å². The summed E-state index contributed by atoms with van der Waals surface area (Å²) < 4.78 is 23.4. The zero-order valence-electron chi connectivity index (χ0n) is 16.9. The zero-order chi connectivity index (χ0) is 21.3. The van der Waals surface area contributed by atoms with Crippen LogP contribution in [0.5, 0.6) is 0 Å². The summed E-state index contributed by atoms with van der Waals surface area (Å²) in [5.74, 6) is 0.441. The smallest absolute Gasteiger partial charge is 0.252 e. The van der Waals surface area contributed by atoms with Crippen molar-refractivity contribution < 1.29 is 13.2 Å². The largest absolute Gasteiger partial charge is 0.357 e. The summed E-state index contributed by atoms with van der Waals surface area (Å²) in [4.78, 5) is 20.8. The minimum Gasteiger partial charge on any atom is -0.357 e. The molecule has 1 amide bonds. The van der Waals surface area contributed by atoms with Crippen molar-refractivity contribution in [2.75, 3.05) is 25.9 Å². The van der Waals surface area contributed by atoms with E-state index in [9.17, 15) is 13.2 Å². The molecule has 0 unspecified atom stereocenters. The minimum atomic E-state index is -3.23. The van der Waals surface area contributed by atoms with Crippen LogP contribution in [0.1, 0.15) is 28.4 Å². The predicted octanol–water partition coefficient (Wildman–Crippen LogP) is 1.28. The van der Waals surface area contributed by atoms with Gasteiger partial charge in [0.15, 0.2) is 15.8 Å². The van der Waals surface area contributed by atoms with Crippen LogP contribution in [0.2, 0.25) is 0 Å². The molecule has 156 valence electrons. The number of carbonyl (C=O) groups excluding carboxylic acids is 1. The predicted molar refractivity (Wildman–Crippen MR) is 114 cm³/mol. The third-order valence-electron chi connectivity index (χ3n) is 4.03. The molecule has 0 saturated heterocycles. The van der Waals surface area contributed by atoms with Gasteiger partial charge in [0, 0.05) is 38.3 Å². The maximum absolute atomic E-state index is 12.0. The van der Waals surface area contributed by atoms with Gasteiger partial charge in [-0.1, -0.05) is 12.1 Å². The minimum absolute atomic E-state index is 0.178. The molecule has 0 fully saturated rings. The summed E-state index contributed by atoms with van der Waals surface area (Å²) in [5, 5.41) is 9.12. The third-order valence-corrected chi connectivity index (χ3v) is 5.29. The van der Waals surface area contributed by atoms with E-state index in [0.29, 0.717) is 48.2 Å². The first-order valence-electron chi connectivity index (χ1n) is 9.31. The van der Waals surface area contributed by atoms with E-state index in [1.165, 1.54) is 12.5 Å². The third kappa shape index (κ3) is 7.19. The molecule has 0 atom stereocenters. The molecule has 2 aromatic rings. The van der Waals surface area contributed by atoms with E-state index in [1.54, 1.807) is 37.4 Å². The fraction of sp³-hybridized carbons (Fsp3) is 0.350. The Balaban J connectivity index is 1.89. The van der Waals surface area contributed by atoms with Crippen molar-refractivity contribution in [1.82, 2.24) is 20.9 Å². The molecular formula is C20H27N5O3S. The molecular weight excluding hydrogens is 390 g/mol. The van der Waals surface area contributed by atoms with E-state index in [-0.39, 0.29) is 5.91 Å². The van der Waals surface area contributed by atoms with Gasteiger partial charge in [-0.05, 0) is 43.2 Å². The number of sulfone groups is 1. The number of aromatic nitrogens is 1. The first kappa shape index (κ1) is 22.4. The molecule has 0 spiro atoms. The molecule has 0 saturated carbocycles. The fourth-order valence-electron chi connectivity index (χ4n) is 2.69. The topological polar surface area (TPSA) is 113 Å². The quantitative estimate of drug-likeness (QED) is 0.339. The number of carbonyl (C=O) groups is 1. The number of rotatable bonds is 8. The van der Waals surface area contributed by atoms with Crippen molar-refractivity contribution in [3.8, 4) is 0 Å². The molecule has 0 aliphatic rings. The van der Waals surface area contributed by atoms with Gasteiger partial charge in [0.2, 0.25) is 0 Å². The molecule has 9 heteroatoms. The molecule has 3 N–H and O–H groups in total. The summed E-state index contributed by atoms with van der Waals surface area (Å²) in [5.41, 5.74) is 2.13. The van der Waals surface area contributed by atoms with Crippen molar-refractivity contribution in [2.45, 2.75) is 25.3 Å². The van der Waals surface area contributed by atoms with Gasteiger partial charge in [0.25, 0.3) is 5.91 Å². The molecule has 8 nitrogen and oxygen atoms in total. The number of guanidine groups is 1. The van der Waals surface area contributed by atoms with Crippen molar-refractivity contribution in [3.63, 3.8) is 0 Å². The molecule has 1 aromatic heterocycles. The van der Waals surface area contributed by atoms with Crippen LogP contribution in [0.3, 0.4) is 0 Å². The molecule has 0 aliphatic heterocycles. The molecule has 0 aliphatic carbocycles. The van der Waals surface area contributed by atoms with E-state index < -0.39 is 9.84 Å². The number of aryl methyl sites for hydroxylation is 1. The second kappa shape index (κ2) is 10.6. The number of amides is 1. The Morgan fingerprint density at radius 1 is 1.14 bits per heavy atom. The number of nitrogens with zero attached hydrogens (tertiary/aromatic N) is 2. The molecule has 1 aromatic carbocycles. The standard InChI is InChI=1S/C20H27N5O3S/c1-4-22-20(24-11-10-23-19(26)17-6-5-9-21-14-17)25-13-16-7-8-18(15(2)12-16)29(3,27)28/h5-9,12,14H,4,10-11,13H2,1-3H3,(H,23,26)(H2,22,24,25). The Morgan fingerprint density at radius 2 is 1.90 bits per heavy atom. The lowest BCUT2D eigenvalue weighted by molar-refractivity contribution is 0.0954. The molecule has 0 radical (unpaired) electrons. The van der Waals surface area contributed by atoms with E-state index in [2.05, 4.69) is 25.9 Å². The average molecular weight is 418 g/mol. The highest BCUT2D eigenvalue weighted by atomic mass is 32.2. The van der Waals surface area contributed by atoms with Crippen LogP contribution in [0.25, 0.3) is 0 Å². The van der Waals surface area contributed by atoms with Gasteiger partial charge in [-0.15, -0.1) is 0 Å². The van der Waals surface area contributed by atoms with Gasteiger partial charge in [-0.2, -0.15) is 0 Å². The number of benzene rings is 1. The van der Waals surface area contributed by atoms with E-state index in [4.69, 9.17) is 0 Å². The van der Waals surface area contributed by atoms with Gasteiger partial charge in [-0.3, -0.25) is 9.78 Å². The Morgan fingerprint density at radius 3 is 2.52 bits per heavy atom. The zero-order valence-corrected chi connectivity index (χ0v) is 17.7. The van der Waals surface area contributed by atoms with Crippen LogP contribution in [0.4, 0.5) is 0 Å². The van der Waals surface area contributed by atoms with E-state index in [1.807, 2.05) is 13.0 Å². The number of pyridine rings is 1.